The number of hydrogen-bond donors (Lipinski definition) is 1. The average molecular weight is 243 g/mol. The predicted molar refractivity (Wildman–Crippen MR) is 71.7 cm³/mol. The van der Waals surface area contributed by atoms with Gasteiger partial charge in [-0.2, -0.15) is 4.98 Å². The van der Waals surface area contributed by atoms with Crippen molar-refractivity contribution in [3.63, 3.8) is 0 Å². The molecule has 2 rings (SSSR count). The maximum Gasteiger partial charge on any atom is 0.224 e. The van der Waals surface area contributed by atoms with Gasteiger partial charge in [0.15, 0.2) is 0 Å². The summed E-state index contributed by atoms with van der Waals surface area (Å²) < 4.78 is 5.66. The van der Waals surface area contributed by atoms with Gasteiger partial charge in [0.05, 0.1) is 0 Å². The highest BCUT2D eigenvalue weighted by Gasteiger charge is 2.14. The van der Waals surface area contributed by atoms with Gasteiger partial charge in [0.25, 0.3) is 0 Å². The predicted octanol–water partition coefficient (Wildman–Crippen LogP) is 3.15. The Labute approximate surface area is 107 Å². The first-order valence-corrected chi connectivity index (χ1v) is 5.82. The van der Waals surface area contributed by atoms with Crippen LogP contribution in [0.25, 0.3) is 0 Å². The maximum absolute atomic E-state index is 5.66. The second-order valence-electron chi connectivity index (χ2n) is 5.13. The molecule has 0 bridgehead atoms. The van der Waals surface area contributed by atoms with Gasteiger partial charge in [-0.1, -0.05) is 32.9 Å². The highest BCUT2D eigenvalue weighted by molar-refractivity contribution is 5.35. The van der Waals surface area contributed by atoms with Crippen LogP contribution in [0.5, 0.6) is 11.6 Å². The zero-order valence-electron chi connectivity index (χ0n) is 10.8. The molecule has 18 heavy (non-hydrogen) atoms. The summed E-state index contributed by atoms with van der Waals surface area (Å²) in [5.74, 6) is 1.41. The molecule has 94 valence electrons. The summed E-state index contributed by atoms with van der Waals surface area (Å²) in [7, 11) is 0. The van der Waals surface area contributed by atoms with E-state index in [-0.39, 0.29) is 11.4 Å². The Hall–Kier alpha value is -2.10. The van der Waals surface area contributed by atoms with E-state index in [0.29, 0.717) is 5.88 Å². The molecule has 0 radical (unpaired) electrons. The zero-order valence-corrected chi connectivity index (χ0v) is 10.8. The lowest BCUT2D eigenvalue weighted by Crippen LogP contribution is -2.10. The van der Waals surface area contributed by atoms with Crippen LogP contribution < -0.4 is 10.5 Å². The number of aromatic nitrogens is 2. The van der Waals surface area contributed by atoms with Gasteiger partial charge >= 0.3 is 0 Å². The fourth-order valence-electron chi connectivity index (χ4n) is 1.56. The van der Waals surface area contributed by atoms with Gasteiger partial charge in [-0.3, -0.25) is 0 Å². The fraction of sp³-hybridized carbons (Fsp3) is 0.286. The Morgan fingerprint density at radius 2 is 1.94 bits per heavy atom. The second kappa shape index (κ2) is 4.64. The Bertz CT molecular complexity index is 547. The van der Waals surface area contributed by atoms with Crippen molar-refractivity contribution < 1.29 is 4.74 Å². The van der Waals surface area contributed by atoms with Crippen LogP contribution in [0, 0.1) is 0 Å². The van der Waals surface area contributed by atoms with Crippen LogP contribution >= 0.6 is 0 Å². The number of hydrogen-bond acceptors (Lipinski definition) is 4. The van der Waals surface area contributed by atoms with Crippen LogP contribution in [-0.2, 0) is 5.41 Å². The highest BCUT2D eigenvalue weighted by Crippen LogP contribution is 2.27. The number of anilines is 1. The first-order chi connectivity index (χ1) is 8.45. The Kier molecular flexibility index (Phi) is 3.19. The Balaban J connectivity index is 2.25. The van der Waals surface area contributed by atoms with Crippen LogP contribution in [0.3, 0.4) is 0 Å². The lowest BCUT2D eigenvalue weighted by Gasteiger charge is -2.19. The molecule has 4 heteroatoms. The molecule has 0 fully saturated rings. The van der Waals surface area contributed by atoms with Crippen molar-refractivity contribution in [2.75, 3.05) is 5.73 Å². The van der Waals surface area contributed by atoms with Gasteiger partial charge in [0, 0.05) is 12.3 Å². The van der Waals surface area contributed by atoms with E-state index in [0.717, 1.165) is 5.75 Å². The lowest BCUT2D eigenvalue weighted by atomic mass is 9.87. The summed E-state index contributed by atoms with van der Waals surface area (Å²) >= 11 is 0. The SMILES string of the molecule is CC(C)(C)c1cccc(Oc2ccnc(N)n2)c1. The molecule has 2 N–H and O–H groups in total. The summed E-state index contributed by atoms with van der Waals surface area (Å²) in [5, 5.41) is 0. The van der Waals surface area contributed by atoms with Crippen molar-refractivity contribution in [3.8, 4) is 11.6 Å². The summed E-state index contributed by atoms with van der Waals surface area (Å²) in [6, 6.07) is 9.65. The summed E-state index contributed by atoms with van der Waals surface area (Å²) in [5.41, 5.74) is 6.81. The average Bonchev–Trinajstić information content (AvgIpc) is 2.28. The lowest BCUT2D eigenvalue weighted by molar-refractivity contribution is 0.459. The van der Waals surface area contributed by atoms with Crippen molar-refractivity contribution in [1.82, 2.24) is 9.97 Å². The van der Waals surface area contributed by atoms with E-state index in [9.17, 15) is 0 Å². The van der Waals surface area contributed by atoms with Gasteiger partial charge in [0.2, 0.25) is 11.8 Å². The summed E-state index contributed by atoms with van der Waals surface area (Å²) in [6.07, 6.45) is 1.57. The second-order valence-corrected chi connectivity index (χ2v) is 5.13. The minimum atomic E-state index is 0.0874. The van der Waals surface area contributed by atoms with E-state index in [2.05, 4.69) is 36.8 Å². The molecule has 0 atom stereocenters. The number of ether oxygens (including phenoxy) is 1. The van der Waals surface area contributed by atoms with E-state index >= 15 is 0 Å². The molecule has 1 aromatic heterocycles. The number of nitrogen functional groups attached to an aromatic ring is 1. The summed E-state index contributed by atoms with van der Waals surface area (Å²) in [4.78, 5) is 7.83. The molecular weight excluding hydrogens is 226 g/mol. The van der Waals surface area contributed by atoms with Gasteiger partial charge < -0.3 is 10.5 Å². The number of nitrogens with zero attached hydrogens (tertiary/aromatic N) is 2. The molecule has 0 aliphatic heterocycles. The van der Waals surface area contributed by atoms with Crippen LogP contribution in [0.15, 0.2) is 36.5 Å². The molecule has 0 saturated heterocycles. The smallest absolute Gasteiger partial charge is 0.224 e. The molecule has 0 unspecified atom stereocenters. The largest absolute Gasteiger partial charge is 0.439 e. The topological polar surface area (TPSA) is 61.0 Å². The third-order valence-corrected chi connectivity index (χ3v) is 2.57. The third kappa shape index (κ3) is 2.97. The Morgan fingerprint density at radius 3 is 2.61 bits per heavy atom. The molecule has 1 heterocycles. The van der Waals surface area contributed by atoms with Crippen molar-refractivity contribution in [1.29, 1.82) is 0 Å². The van der Waals surface area contributed by atoms with Gasteiger partial charge in [-0.25, -0.2) is 4.98 Å². The van der Waals surface area contributed by atoms with Crippen molar-refractivity contribution in [2.24, 2.45) is 0 Å². The zero-order chi connectivity index (χ0) is 13.2. The highest BCUT2D eigenvalue weighted by atomic mass is 16.5. The van der Waals surface area contributed by atoms with E-state index in [1.54, 1.807) is 12.3 Å². The van der Waals surface area contributed by atoms with Crippen molar-refractivity contribution in [2.45, 2.75) is 26.2 Å². The van der Waals surface area contributed by atoms with Gasteiger partial charge in [-0.15, -0.1) is 0 Å². The Morgan fingerprint density at radius 1 is 1.17 bits per heavy atom. The molecule has 2 aromatic rings. The monoisotopic (exact) mass is 243 g/mol. The summed E-state index contributed by atoms with van der Waals surface area (Å²) in [6.45, 7) is 6.48. The molecule has 1 aromatic carbocycles. The number of rotatable bonds is 2. The van der Waals surface area contributed by atoms with E-state index in [1.165, 1.54) is 5.56 Å². The standard InChI is InChI=1S/C14H17N3O/c1-14(2,3)10-5-4-6-11(9-10)18-12-7-8-16-13(15)17-12/h4-9H,1-3H3,(H2,15,16,17). The van der Waals surface area contributed by atoms with E-state index in [1.807, 2.05) is 18.2 Å². The maximum atomic E-state index is 5.66. The number of benzene rings is 1. The molecular formula is C14H17N3O. The first kappa shape index (κ1) is 12.4. The van der Waals surface area contributed by atoms with Crippen LogP contribution in [0.2, 0.25) is 0 Å². The van der Waals surface area contributed by atoms with Gasteiger partial charge in [0.1, 0.15) is 5.75 Å². The fourth-order valence-corrected chi connectivity index (χ4v) is 1.56. The van der Waals surface area contributed by atoms with Gasteiger partial charge in [-0.05, 0) is 23.1 Å². The normalized spacial score (nSPS) is 11.3. The van der Waals surface area contributed by atoms with Crippen LogP contribution in [0.1, 0.15) is 26.3 Å². The first-order valence-electron chi connectivity index (χ1n) is 5.82. The third-order valence-electron chi connectivity index (χ3n) is 2.57. The minimum absolute atomic E-state index is 0.0874. The molecule has 0 aliphatic rings. The van der Waals surface area contributed by atoms with Crippen LogP contribution in [0.4, 0.5) is 5.95 Å². The minimum Gasteiger partial charge on any atom is -0.439 e. The van der Waals surface area contributed by atoms with E-state index in [4.69, 9.17) is 10.5 Å². The molecule has 0 spiro atoms. The quantitative estimate of drug-likeness (QED) is 0.880. The van der Waals surface area contributed by atoms with Crippen LogP contribution in [-0.4, -0.2) is 9.97 Å². The number of nitrogens with two attached hydrogens (primary N) is 1. The molecule has 0 saturated carbocycles. The van der Waals surface area contributed by atoms with Crippen molar-refractivity contribution in [3.05, 3.63) is 42.1 Å². The van der Waals surface area contributed by atoms with Crippen molar-refractivity contribution >= 4 is 5.95 Å². The molecule has 0 amide bonds. The molecule has 0 aliphatic carbocycles. The van der Waals surface area contributed by atoms with E-state index < -0.39 is 0 Å². The molecule has 4 nitrogen and oxygen atoms in total.